The molecule has 0 bridgehead atoms. The predicted octanol–water partition coefficient (Wildman–Crippen LogP) is 3.08. The van der Waals surface area contributed by atoms with E-state index in [4.69, 9.17) is 5.73 Å². The lowest BCUT2D eigenvalue weighted by Gasteiger charge is -2.20. The first-order valence-electron chi connectivity index (χ1n) is 5.41. The fraction of sp³-hybridized carbons (Fsp3) is 0.538. The molecule has 1 unspecified atom stereocenters. The topological polar surface area (TPSA) is 26.0 Å². The summed E-state index contributed by atoms with van der Waals surface area (Å²) in [6.07, 6.45) is 1.08. The summed E-state index contributed by atoms with van der Waals surface area (Å²) in [5.41, 5.74) is 8.38. The average molecular weight is 191 g/mol. The number of hydrogen-bond donors (Lipinski definition) is 1. The van der Waals surface area contributed by atoms with Gasteiger partial charge >= 0.3 is 0 Å². The van der Waals surface area contributed by atoms with Gasteiger partial charge in [0.05, 0.1) is 0 Å². The normalized spacial score (nSPS) is 13.2. The minimum Gasteiger partial charge on any atom is -0.330 e. The lowest BCUT2D eigenvalue weighted by Crippen LogP contribution is -2.12. The summed E-state index contributed by atoms with van der Waals surface area (Å²) >= 11 is 0. The van der Waals surface area contributed by atoms with Gasteiger partial charge in [0.1, 0.15) is 0 Å². The average Bonchev–Trinajstić information content (AvgIpc) is 2.15. The molecule has 0 aliphatic rings. The van der Waals surface area contributed by atoms with Crippen LogP contribution in [0.3, 0.4) is 0 Å². The third-order valence-electron chi connectivity index (χ3n) is 2.79. The second-order valence-electron chi connectivity index (χ2n) is 4.34. The molecule has 1 aromatic carbocycles. The number of nitrogens with two attached hydrogens (primary N) is 1. The minimum absolute atomic E-state index is 0.612. The summed E-state index contributed by atoms with van der Waals surface area (Å²) in [5.74, 6) is 1.28. The van der Waals surface area contributed by atoms with Gasteiger partial charge in [-0.25, -0.2) is 0 Å². The molecule has 0 aromatic heterocycles. The summed E-state index contributed by atoms with van der Waals surface area (Å²) in [5, 5.41) is 0. The molecule has 1 atom stereocenters. The molecule has 0 saturated carbocycles. The predicted molar refractivity (Wildman–Crippen MR) is 62.4 cm³/mol. The Kier molecular flexibility index (Phi) is 4.15. The highest BCUT2D eigenvalue weighted by Gasteiger charge is 2.14. The zero-order valence-electron chi connectivity index (χ0n) is 9.46. The standard InChI is InChI=1S/C13H21N/c1-10(2)13(8-9-14)12-6-4-11(3)5-7-12/h4-7,10,13H,8-9,14H2,1-3H3. The Morgan fingerprint density at radius 2 is 1.71 bits per heavy atom. The van der Waals surface area contributed by atoms with Crippen LogP contribution in [0.5, 0.6) is 0 Å². The molecule has 1 nitrogen and oxygen atoms in total. The third kappa shape index (κ3) is 2.85. The van der Waals surface area contributed by atoms with Gasteiger partial charge < -0.3 is 5.73 Å². The van der Waals surface area contributed by atoms with Crippen LogP contribution < -0.4 is 5.73 Å². The van der Waals surface area contributed by atoms with Crippen LogP contribution in [-0.2, 0) is 0 Å². The largest absolute Gasteiger partial charge is 0.330 e. The van der Waals surface area contributed by atoms with E-state index in [2.05, 4.69) is 45.0 Å². The number of aryl methyl sites for hydroxylation is 1. The molecule has 2 N–H and O–H groups in total. The van der Waals surface area contributed by atoms with E-state index in [-0.39, 0.29) is 0 Å². The van der Waals surface area contributed by atoms with Crippen molar-refractivity contribution in [3.63, 3.8) is 0 Å². The first kappa shape index (κ1) is 11.3. The van der Waals surface area contributed by atoms with Gasteiger partial charge in [0, 0.05) is 0 Å². The van der Waals surface area contributed by atoms with E-state index in [1.165, 1.54) is 11.1 Å². The first-order chi connectivity index (χ1) is 6.65. The molecule has 78 valence electrons. The summed E-state index contributed by atoms with van der Waals surface area (Å²) in [7, 11) is 0. The van der Waals surface area contributed by atoms with Crippen LogP contribution in [0.25, 0.3) is 0 Å². The summed E-state index contributed by atoms with van der Waals surface area (Å²) in [6.45, 7) is 7.42. The molecule has 0 saturated heterocycles. The van der Waals surface area contributed by atoms with Crippen LogP contribution in [0.1, 0.15) is 37.3 Å². The molecule has 0 radical (unpaired) electrons. The Bertz CT molecular complexity index is 261. The molecule has 0 fully saturated rings. The van der Waals surface area contributed by atoms with E-state index in [0.717, 1.165) is 13.0 Å². The lowest BCUT2D eigenvalue weighted by atomic mass is 9.85. The lowest BCUT2D eigenvalue weighted by molar-refractivity contribution is 0.473. The molecule has 0 aliphatic heterocycles. The van der Waals surface area contributed by atoms with E-state index in [9.17, 15) is 0 Å². The van der Waals surface area contributed by atoms with Crippen LogP contribution in [0.4, 0.5) is 0 Å². The molecule has 0 amide bonds. The zero-order valence-corrected chi connectivity index (χ0v) is 9.46. The SMILES string of the molecule is Cc1ccc(C(CCN)C(C)C)cc1. The maximum atomic E-state index is 5.63. The molecule has 1 aromatic rings. The zero-order chi connectivity index (χ0) is 10.6. The van der Waals surface area contributed by atoms with Crippen LogP contribution in [-0.4, -0.2) is 6.54 Å². The molecule has 1 heteroatoms. The third-order valence-corrected chi connectivity index (χ3v) is 2.79. The molecular formula is C13H21N. The quantitative estimate of drug-likeness (QED) is 0.777. The summed E-state index contributed by atoms with van der Waals surface area (Å²) in [4.78, 5) is 0. The Balaban J connectivity index is 2.82. The van der Waals surface area contributed by atoms with Crippen molar-refractivity contribution in [2.24, 2.45) is 11.7 Å². The monoisotopic (exact) mass is 191 g/mol. The van der Waals surface area contributed by atoms with Crippen molar-refractivity contribution in [3.05, 3.63) is 35.4 Å². The van der Waals surface area contributed by atoms with Gasteiger partial charge in [-0.2, -0.15) is 0 Å². The first-order valence-corrected chi connectivity index (χ1v) is 5.41. The van der Waals surface area contributed by atoms with Crippen LogP contribution in [0.2, 0.25) is 0 Å². The van der Waals surface area contributed by atoms with Gasteiger partial charge in [-0.05, 0) is 37.3 Å². The van der Waals surface area contributed by atoms with Gasteiger partial charge in [-0.15, -0.1) is 0 Å². The van der Waals surface area contributed by atoms with Crippen molar-refractivity contribution in [1.29, 1.82) is 0 Å². The Labute approximate surface area is 87.3 Å². The maximum absolute atomic E-state index is 5.63. The van der Waals surface area contributed by atoms with E-state index in [0.29, 0.717) is 11.8 Å². The molecule has 14 heavy (non-hydrogen) atoms. The van der Waals surface area contributed by atoms with Crippen molar-refractivity contribution in [2.45, 2.75) is 33.1 Å². The highest BCUT2D eigenvalue weighted by Crippen LogP contribution is 2.27. The highest BCUT2D eigenvalue weighted by molar-refractivity contribution is 5.24. The minimum atomic E-state index is 0.612. The van der Waals surface area contributed by atoms with Crippen molar-refractivity contribution in [3.8, 4) is 0 Å². The van der Waals surface area contributed by atoms with Crippen LogP contribution in [0.15, 0.2) is 24.3 Å². The Hall–Kier alpha value is -0.820. The van der Waals surface area contributed by atoms with Crippen molar-refractivity contribution in [2.75, 3.05) is 6.54 Å². The van der Waals surface area contributed by atoms with Gasteiger partial charge in [0.25, 0.3) is 0 Å². The molecule has 0 aliphatic carbocycles. The van der Waals surface area contributed by atoms with Crippen molar-refractivity contribution < 1.29 is 0 Å². The number of hydrogen-bond acceptors (Lipinski definition) is 1. The number of benzene rings is 1. The van der Waals surface area contributed by atoms with E-state index < -0.39 is 0 Å². The fourth-order valence-electron chi connectivity index (χ4n) is 1.88. The summed E-state index contributed by atoms with van der Waals surface area (Å²) < 4.78 is 0. The second-order valence-corrected chi connectivity index (χ2v) is 4.34. The molecular weight excluding hydrogens is 170 g/mol. The van der Waals surface area contributed by atoms with Gasteiger partial charge in [-0.3, -0.25) is 0 Å². The molecule has 1 rings (SSSR count). The number of rotatable bonds is 4. The smallest absolute Gasteiger partial charge is 0.00713 e. The van der Waals surface area contributed by atoms with Gasteiger partial charge in [0.2, 0.25) is 0 Å². The highest BCUT2D eigenvalue weighted by atomic mass is 14.5. The van der Waals surface area contributed by atoms with Crippen molar-refractivity contribution in [1.82, 2.24) is 0 Å². The van der Waals surface area contributed by atoms with E-state index in [1.807, 2.05) is 0 Å². The fourth-order valence-corrected chi connectivity index (χ4v) is 1.88. The maximum Gasteiger partial charge on any atom is -0.00713 e. The van der Waals surface area contributed by atoms with Gasteiger partial charge in [0.15, 0.2) is 0 Å². The van der Waals surface area contributed by atoms with Crippen LogP contribution >= 0.6 is 0 Å². The molecule has 0 heterocycles. The van der Waals surface area contributed by atoms with E-state index >= 15 is 0 Å². The molecule has 0 spiro atoms. The van der Waals surface area contributed by atoms with E-state index in [1.54, 1.807) is 0 Å². The Morgan fingerprint density at radius 3 is 2.14 bits per heavy atom. The summed E-state index contributed by atoms with van der Waals surface area (Å²) in [6, 6.07) is 8.83. The second kappa shape index (κ2) is 5.16. The van der Waals surface area contributed by atoms with Crippen LogP contribution in [0, 0.1) is 12.8 Å². The van der Waals surface area contributed by atoms with Gasteiger partial charge in [-0.1, -0.05) is 43.7 Å². The van der Waals surface area contributed by atoms with Crippen molar-refractivity contribution >= 4 is 0 Å². The Morgan fingerprint density at radius 1 is 1.14 bits per heavy atom.